The molecule has 0 spiro atoms. The van der Waals surface area contributed by atoms with Crippen LogP contribution in [0.3, 0.4) is 0 Å². The molecule has 2 amide bonds. The average molecular weight is 394 g/mol. The van der Waals surface area contributed by atoms with E-state index in [1.165, 1.54) is 0 Å². The lowest BCUT2D eigenvalue weighted by atomic mass is 10.0. The standard InChI is InChI=1S/C20H28ClN3O3/c1-14-12-17(14)20(26)22-7-6-19(25)23-13-18(24-8-10-27-11-9-24)15-2-4-16(21)5-3-15/h2-5,14,17-18H,6-13H2,1H3,(H,22,26)(H,23,25). The van der Waals surface area contributed by atoms with Crippen LogP contribution in [-0.4, -0.2) is 56.1 Å². The Labute approximate surface area is 165 Å². The van der Waals surface area contributed by atoms with Crippen LogP contribution in [0.1, 0.15) is 31.4 Å². The maximum absolute atomic E-state index is 12.2. The summed E-state index contributed by atoms with van der Waals surface area (Å²) in [6.07, 6.45) is 1.25. The predicted octanol–water partition coefficient (Wildman–Crippen LogP) is 1.99. The number of hydrogen-bond donors (Lipinski definition) is 2. The van der Waals surface area contributed by atoms with Crippen LogP contribution in [0.2, 0.25) is 5.02 Å². The minimum absolute atomic E-state index is 0.0497. The maximum Gasteiger partial charge on any atom is 0.223 e. The molecule has 0 aromatic heterocycles. The van der Waals surface area contributed by atoms with Crippen molar-refractivity contribution in [3.05, 3.63) is 34.9 Å². The molecule has 7 heteroatoms. The molecular weight excluding hydrogens is 366 g/mol. The Morgan fingerprint density at radius 1 is 1.22 bits per heavy atom. The van der Waals surface area contributed by atoms with E-state index in [0.29, 0.717) is 43.7 Å². The minimum Gasteiger partial charge on any atom is -0.379 e. The number of amides is 2. The van der Waals surface area contributed by atoms with Crippen molar-refractivity contribution < 1.29 is 14.3 Å². The van der Waals surface area contributed by atoms with Gasteiger partial charge in [0.25, 0.3) is 0 Å². The van der Waals surface area contributed by atoms with Gasteiger partial charge in [0, 0.05) is 43.5 Å². The van der Waals surface area contributed by atoms with E-state index < -0.39 is 0 Å². The third-order valence-electron chi connectivity index (χ3n) is 5.33. The van der Waals surface area contributed by atoms with Gasteiger partial charge < -0.3 is 15.4 Å². The summed E-state index contributed by atoms with van der Waals surface area (Å²) in [6, 6.07) is 7.84. The minimum atomic E-state index is -0.0497. The summed E-state index contributed by atoms with van der Waals surface area (Å²) in [5, 5.41) is 6.57. The van der Waals surface area contributed by atoms with Crippen LogP contribution in [0.25, 0.3) is 0 Å². The summed E-state index contributed by atoms with van der Waals surface area (Å²) in [7, 11) is 0. The second-order valence-electron chi connectivity index (χ2n) is 7.38. The molecule has 6 nitrogen and oxygen atoms in total. The highest BCUT2D eigenvalue weighted by atomic mass is 35.5. The van der Waals surface area contributed by atoms with Crippen LogP contribution in [-0.2, 0) is 14.3 Å². The van der Waals surface area contributed by atoms with Crippen molar-refractivity contribution in [2.75, 3.05) is 39.4 Å². The second-order valence-corrected chi connectivity index (χ2v) is 7.82. The molecule has 0 radical (unpaired) electrons. The molecule has 0 bridgehead atoms. The van der Waals surface area contributed by atoms with E-state index in [4.69, 9.17) is 16.3 Å². The first-order valence-corrected chi connectivity index (χ1v) is 10.0. The number of morpholine rings is 1. The Balaban J connectivity index is 1.48. The molecule has 1 aliphatic heterocycles. The zero-order valence-electron chi connectivity index (χ0n) is 15.7. The van der Waals surface area contributed by atoms with Crippen LogP contribution >= 0.6 is 11.6 Å². The van der Waals surface area contributed by atoms with Gasteiger partial charge in [-0.25, -0.2) is 0 Å². The number of rotatable bonds is 8. The lowest BCUT2D eigenvalue weighted by molar-refractivity contribution is -0.123. The Hall–Kier alpha value is -1.63. The van der Waals surface area contributed by atoms with E-state index in [-0.39, 0.29) is 23.8 Å². The summed E-state index contributed by atoms with van der Waals surface area (Å²) in [4.78, 5) is 26.4. The van der Waals surface area contributed by atoms with Crippen molar-refractivity contribution in [3.63, 3.8) is 0 Å². The predicted molar refractivity (Wildman–Crippen MR) is 104 cm³/mol. The van der Waals surface area contributed by atoms with E-state index in [1.54, 1.807) is 0 Å². The second kappa shape index (κ2) is 9.53. The first-order valence-electron chi connectivity index (χ1n) is 9.66. The lowest BCUT2D eigenvalue weighted by Crippen LogP contribution is -2.44. The highest BCUT2D eigenvalue weighted by molar-refractivity contribution is 6.30. The SMILES string of the molecule is CC1CC1C(=O)NCCC(=O)NCC(c1ccc(Cl)cc1)N1CCOCC1. The Morgan fingerprint density at radius 2 is 1.89 bits per heavy atom. The fraction of sp³-hybridized carbons (Fsp3) is 0.600. The molecule has 148 valence electrons. The van der Waals surface area contributed by atoms with Crippen molar-refractivity contribution in [2.45, 2.75) is 25.8 Å². The number of carbonyl (C=O) groups excluding carboxylic acids is 2. The summed E-state index contributed by atoms with van der Waals surface area (Å²) in [6.45, 7) is 6.04. The molecule has 27 heavy (non-hydrogen) atoms. The summed E-state index contributed by atoms with van der Waals surface area (Å²) >= 11 is 6.01. The van der Waals surface area contributed by atoms with Crippen LogP contribution in [0.15, 0.2) is 24.3 Å². The molecule has 3 atom stereocenters. The zero-order chi connectivity index (χ0) is 19.2. The van der Waals surface area contributed by atoms with Crippen molar-refractivity contribution >= 4 is 23.4 Å². The molecule has 1 aliphatic carbocycles. The number of halogens is 1. The first kappa shape index (κ1) is 20.1. The van der Waals surface area contributed by atoms with Gasteiger partial charge in [-0.15, -0.1) is 0 Å². The molecule has 2 N–H and O–H groups in total. The molecule has 3 unspecified atom stereocenters. The van der Waals surface area contributed by atoms with Crippen molar-refractivity contribution in [3.8, 4) is 0 Å². The van der Waals surface area contributed by atoms with Gasteiger partial charge in [-0.3, -0.25) is 14.5 Å². The van der Waals surface area contributed by atoms with Gasteiger partial charge >= 0.3 is 0 Å². The quantitative estimate of drug-likeness (QED) is 0.708. The Kier molecular flexibility index (Phi) is 7.10. The average Bonchev–Trinajstić information content (AvgIpc) is 3.41. The highest BCUT2D eigenvalue weighted by Crippen LogP contribution is 2.37. The van der Waals surface area contributed by atoms with Gasteiger partial charge in [-0.2, -0.15) is 0 Å². The topological polar surface area (TPSA) is 70.7 Å². The summed E-state index contributed by atoms with van der Waals surface area (Å²) in [5.41, 5.74) is 1.12. The molecular formula is C20H28ClN3O3. The zero-order valence-corrected chi connectivity index (χ0v) is 16.5. The van der Waals surface area contributed by atoms with Crippen LogP contribution < -0.4 is 10.6 Å². The van der Waals surface area contributed by atoms with Crippen LogP contribution in [0, 0.1) is 11.8 Å². The van der Waals surface area contributed by atoms with Gasteiger partial charge in [0.1, 0.15) is 0 Å². The maximum atomic E-state index is 12.2. The van der Waals surface area contributed by atoms with Crippen molar-refractivity contribution in [2.24, 2.45) is 11.8 Å². The number of nitrogens with one attached hydrogen (secondary N) is 2. The molecule has 2 fully saturated rings. The molecule has 1 aromatic rings. The van der Waals surface area contributed by atoms with Crippen LogP contribution in [0.4, 0.5) is 0 Å². The fourth-order valence-electron chi connectivity index (χ4n) is 3.45. The van der Waals surface area contributed by atoms with Gasteiger partial charge in [-0.05, 0) is 30.0 Å². The smallest absolute Gasteiger partial charge is 0.223 e. The first-order chi connectivity index (χ1) is 13.0. The normalized spacial score (nSPS) is 23.5. The van der Waals surface area contributed by atoms with E-state index in [9.17, 15) is 9.59 Å². The van der Waals surface area contributed by atoms with E-state index in [0.717, 1.165) is 25.1 Å². The number of carbonyl (C=O) groups is 2. The molecule has 3 rings (SSSR count). The molecule has 1 saturated carbocycles. The fourth-order valence-corrected chi connectivity index (χ4v) is 3.57. The van der Waals surface area contributed by atoms with E-state index in [1.807, 2.05) is 24.3 Å². The van der Waals surface area contributed by atoms with Crippen molar-refractivity contribution in [1.29, 1.82) is 0 Å². The molecule has 1 saturated heterocycles. The molecule has 1 heterocycles. The Bertz CT molecular complexity index is 646. The molecule has 2 aliphatic rings. The highest BCUT2D eigenvalue weighted by Gasteiger charge is 2.38. The number of hydrogen-bond acceptors (Lipinski definition) is 4. The summed E-state index contributed by atoms with van der Waals surface area (Å²) < 4.78 is 5.45. The number of nitrogens with zero attached hydrogens (tertiary/aromatic N) is 1. The van der Waals surface area contributed by atoms with Gasteiger partial charge in [-0.1, -0.05) is 30.7 Å². The van der Waals surface area contributed by atoms with Gasteiger partial charge in [0.15, 0.2) is 0 Å². The van der Waals surface area contributed by atoms with Gasteiger partial charge in [0.05, 0.1) is 19.3 Å². The van der Waals surface area contributed by atoms with Gasteiger partial charge in [0.2, 0.25) is 11.8 Å². The number of ether oxygens (including phenoxy) is 1. The van der Waals surface area contributed by atoms with Crippen molar-refractivity contribution in [1.82, 2.24) is 15.5 Å². The third kappa shape index (κ3) is 5.92. The Morgan fingerprint density at radius 3 is 2.52 bits per heavy atom. The summed E-state index contributed by atoms with van der Waals surface area (Å²) in [5.74, 6) is 0.644. The third-order valence-corrected chi connectivity index (χ3v) is 5.58. The van der Waals surface area contributed by atoms with E-state index >= 15 is 0 Å². The van der Waals surface area contributed by atoms with E-state index in [2.05, 4.69) is 22.5 Å². The molecule has 1 aromatic carbocycles. The van der Waals surface area contributed by atoms with Crippen LogP contribution in [0.5, 0.6) is 0 Å². The largest absolute Gasteiger partial charge is 0.379 e. The lowest BCUT2D eigenvalue weighted by Gasteiger charge is -2.35. The number of benzene rings is 1. The monoisotopic (exact) mass is 393 g/mol.